The molecule has 0 aromatic carbocycles. The van der Waals surface area contributed by atoms with E-state index in [-0.39, 0.29) is 28.6 Å². The summed E-state index contributed by atoms with van der Waals surface area (Å²) in [6, 6.07) is 6.49. The Morgan fingerprint density at radius 1 is 1.22 bits per heavy atom. The monoisotopic (exact) mass is 458 g/mol. The number of pyridine rings is 2. The number of rotatable bonds is 8. The largest absolute Gasteiger partial charge is 0.491 e. The highest BCUT2D eigenvalue weighted by molar-refractivity contribution is 7.91. The first-order valence-electron chi connectivity index (χ1n) is 10.0. The molecule has 0 fully saturated rings. The van der Waals surface area contributed by atoms with Crippen LogP contribution in [-0.2, 0) is 21.7 Å². The SMILES string of the molecule is CCS(=O)(=O)c1cc(OC(C)C)cc(Nc2cc(NC(C)=O)ncc2-c2ccn(C)n2)n1. The third-order valence-electron chi connectivity index (χ3n) is 4.31. The predicted molar refractivity (Wildman–Crippen MR) is 122 cm³/mol. The Bertz CT molecular complexity index is 1240. The Balaban J connectivity index is 2.11. The summed E-state index contributed by atoms with van der Waals surface area (Å²) in [5, 5.41) is 10.1. The lowest BCUT2D eigenvalue weighted by atomic mass is 10.1. The number of sulfone groups is 1. The summed E-state index contributed by atoms with van der Waals surface area (Å²) in [6.07, 6.45) is 3.22. The predicted octanol–water partition coefficient (Wildman–Crippen LogP) is 3.16. The van der Waals surface area contributed by atoms with Crippen molar-refractivity contribution in [3.63, 3.8) is 0 Å². The maximum atomic E-state index is 12.5. The molecule has 32 heavy (non-hydrogen) atoms. The average molecular weight is 459 g/mol. The second-order valence-electron chi connectivity index (χ2n) is 7.39. The number of amides is 1. The van der Waals surface area contributed by atoms with Crippen molar-refractivity contribution in [3.05, 3.63) is 36.7 Å². The fourth-order valence-electron chi connectivity index (χ4n) is 2.90. The third kappa shape index (κ3) is 5.61. The summed E-state index contributed by atoms with van der Waals surface area (Å²) in [5.41, 5.74) is 1.83. The van der Waals surface area contributed by atoms with Crippen LogP contribution in [0.4, 0.5) is 17.3 Å². The van der Waals surface area contributed by atoms with Crippen molar-refractivity contribution >= 4 is 33.1 Å². The van der Waals surface area contributed by atoms with Crippen molar-refractivity contribution in [3.8, 4) is 17.0 Å². The number of nitrogens with one attached hydrogen (secondary N) is 2. The number of anilines is 3. The first-order valence-corrected chi connectivity index (χ1v) is 11.7. The standard InChI is InChI=1S/C21H26N6O4S/c1-6-32(29,30)21-10-15(31-13(2)3)9-20(25-21)24-18-11-19(23-14(4)28)22-12-16(18)17-7-8-27(5)26-17/h7-13H,6H2,1-5H3,(H2,22,23,24,25,28). The number of nitrogens with zero attached hydrogens (tertiary/aromatic N) is 4. The Kier molecular flexibility index (Phi) is 6.78. The van der Waals surface area contributed by atoms with E-state index < -0.39 is 9.84 Å². The fourth-order valence-corrected chi connectivity index (χ4v) is 3.73. The Labute approximate surface area is 187 Å². The second kappa shape index (κ2) is 9.35. The van der Waals surface area contributed by atoms with Gasteiger partial charge < -0.3 is 15.4 Å². The van der Waals surface area contributed by atoms with Gasteiger partial charge in [0.1, 0.15) is 17.4 Å². The van der Waals surface area contributed by atoms with Crippen LogP contribution in [-0.4, -0.2) is 45.9 Å². The number of hydrogen-bond donors (Lipinski definition) is 2. The molecule has 0 aliphatic carbocycles. The van der Waals surface area contributed by atoms with Crippen molar-refractivity contribution in [1.29, 1.82) is 0 Å². The Morgan fingerprint density at radius 3 is 2.56 bits per heavy atom. The highest BCUT2D eigenvalue weighted by atomic mass is 32.2. The van der Waals surface area contributed by atoms with Gasteiger partial charge in [-0.1, -0.05) is 6.92 Å². The first kappa shape index (κ1) is 23.2. The van der Waals surface area contributed by atoms with Crippen LogP contribution in [0.25, 0.3) is 11.3 Å². The molecule has 3 rings (SSSR count). The molecule has 10 nitrogen and oxygen atoms in total. The van der Waals surface area contributed by atoms with Crippen molar-refractivity contribution in [2.24, 2.45) is 7.05 Å². The smallest absolute Gasteiger partial charge is 0.222 e. The van der Waals surface area contributed by atoms with Crippen LogP contribution in [0.1, 0.15) is 27.7 Å². The second-order valence-corrected chi connectivity index (χ2v) is 9.62. The molecule has 0 aliphatic heterocycles. The fraction of sp³-hybridized carbons (Fsp3) is 0.333. The van der Waals surface area contributed by atoms with Gasteiger partial charge in [0.2, 0.25) is 5.91 Å². The summed E-state index contributed by atoms with van der Waals surface area (Å²) < 4.78 is 32.4. The van der Waals surface area contributed by atoms with Gasteiger partial charge in [0, 0.05) is 50.1 Å². The van der Waals surface area contributed by atoms with Gasteiger partial charge in [-0.3, -0.25) is 9.48 Å². The minimum atomic E-state index is -3.57. The van der Waals surface area contributed by atoms with Gasteiger partial charge in [0.25, 0.3) is 0 Å². The molecule has 3 aromatic rings. The van der Waals surface area contributed by atoms with Crippen LogP contribution in [0.5, 0.6) is 5.75 Å². The van der Waals surface area contributed by atoms with E-state index in [1.54, 1.807) is 43.2 Å². The van der Waals surface area contributed by atoms with Crippen molar-refractivity contribution in [1.82, 2.24) is 19.7 Å². The summed E-state index contributed by atoms with van der Waals surface area (Å²) in [6.45, 7) is 6.64. The number of aromatic nitrogens is 4. The lowest BCUT2D eigenvalue weighted by Gasteiger charge is -2.15. The summed E-state index contributed by atoms with van der Waals surface area (Å²) in [4.78, 5) is 20.1. The van der Waals surface area contributed by atoms with Gasteiger partial charge in [-0.2, -0.15) is 5.10 Å². The van der Waals surface area contributed by atoms with Crippen LogP contribution in [0.3, 0.4) is 0 Å². The zero-order chi connectivity index (χ0) is 23.5. The molecule has 0 spiro atoms. The zero-order valence-corrected chi connectivity index (χ0v) is 19.4. The molecular weight excluding hydrogens is 432 g/mol. The maximum absolute atomic E-state index is 12.5. The summed E-state index contributed by atoms with van der Waals surface area (Å²) >= 11 is 0. The molecule has 170 valence electrons. The Hall–Kier alpha value is -3.47. The quantitative estimate of drug-likeness (QED) is 0.527. The van der Waals surface area contributed by atoms with Crippen LogP contribution in [0, 0.1) is 0 Å². The van der Waals surface area contributed by atoms with E-state index in [9.17, 15) is 13.2 Å². The van der Waals surface area contributed by atoms with Crippen LogP contribution in [0.15, 0.2) is 41.7 Å². The number of hydrogen-bond acceptors (Lipinski definition) is 8. The highest BCUT2D eigenvalue weighted by Gasteiger charge is 2.18. The molecule has 0 bridgehead atoms. The van der Waals surface area contributed by atoms with Crippen LogP contribution >= 0.6 is 0 Å². The van der Waals surface area contributed by atoms with E-state index in [4.69, 9.17) is 4.74 Å². The average Bonchev–Trinajstić information content (AvgIpc) is 3.13. The van der Waals surface area contributed by atoms with E-state index >= 15 is 0 Å². The van der Waals surface area contributed by atoms with E-state index in [1.807, 2.05) is 19.9 Å². The minimum absolute atomic E-state index is 0.0869. The molecule has 0 unspecified atom stereocenters. The highest BCUT2D eigenvalue weighted by Crippen LogP contribution is 2.32. The topological polar surface area (TPSA) is 128 Å². The molecule has 2 N–H and O–H groups in total. The molecule has 0 saturated heterocycles. The lowest BCUT2D eigenvalue weighted by Crippen LogP contribution is -2.11. The third-order valence-corrected chi connectivity index (χ3v) is 5.91. The minimum Gasteiger partial charge on any atom is -0.491 e. The lowest BCUT2D eigenvalue weighted by molar-refractivity contribution is -0.114. The van der Waals surface area contributed by atoms with Crippen molar-refractivity contribution < 1.29 is 17.9 Å². The van der Waals surface area contributed by atoms with Gasteiger partial charge in [-0.25, -0.2) is 18.4 Å². The molecule has 0 atom stereocenters. The molecule has 0 saturated carbocycles. The maximum Gasteiger partial charge on any atom is 0.222 e. The molecule has 1 amide bonds. The number of carbonyl (C=O) groups excluding carboxylic acids is 1. The van der Waals surface area contributed by atoms with E-state index in [0.717, 1.165) is 0 Å². The van der Waals surface area contributed by atoms with Crippen LogP contribution < -0.4 is 15.4 Å². The van der Waals surface area contributed by atoms with Crippen molar-refractivity contribution in [2.75, 3.05) is 16.4 Å². The van der Waals surface area contributed by atoms with Crippen molar-refractivity contribution in [2.45, 2.75) is 38.8 Å². The zero-order valence-electron chi connectivity index (χ0n) is 18.6. The summed E-state index contributed by atoms with van der Waals surface area (Å²) in [5.74, 6) is 0.616. The molecular formula is C21H26N6O4S. The molecule has 0 aliphatic rings. The normalized spacial score (nSPS) is 11.4. The van der Waals surface area contributed by atoms with E-state index in [0.29, 0.717) is 28.5 Å². The first-order chi connectivity index (χ1) is 15.1. The number of ether oxygens (including phenoxy) is 1. The van der Waals surface area contributed by atoms with Crippen LogP contribution in [0.2, 0.25) is 0 Å². The molecule has 0 radical (unpaired) electrons. The van der Waals surface area contributed by atoms with E-state index in [1.165, 1.54) is 13.0 Å². The van der Waals surface area contributed by atoms with Gasteiger partial charge in [-0.15, -0.1) is 0 Å². The van der Waals surface area contributed by atoms with E-state index in [2.05, 4.69) is 25.7 Å². The van der Waals surface area contributed by atoms with Gasteiger partial charge in [-0.05, 0) is 19.9 Å². The number of carbonyl (C=O) groups is 1. The molecule has 11 heteroatoms. The molecule has 3 heterocycles. The van der Waals surface area contributed by atoms with Gasteiger partial charge in [0.05, 0.1) is 23.2 Å². The van der Waals surface area contributed by atoms with Gasteiger partial charge >= 0.3 is 0 Å². The molecule has 3 aromatic heterocycles. The Morgan fingerprint density at radius 2 is 1.97 bits per heavy atom. The van der Waals surface area contributed by atoms with Gasteiger partial charge in [0.15, 0.2) is 14.9 Å². The number of aryl methyl sites for hydroxylation is 1. The summed E-state index contributed by atoms with van der Waals surface area (Å²) in [7, 11) is -1.77.